The van der Waals surface area contributed by atoms with Gasteiger partial charge in [-0.2, -0.15) is 16.9 Å². The SMILES string of the molecule is CCNC(=NCc1c(C)nn(C)c1C)N1CCSC(CC)C1. The topological polar surface area (TPSA) is 45.5 Å². The molecule has 124 valence electrons. The van der Waals surface area contributed by atoms with Crippen LogP contribution in [0, 0.1) is 13.8 Å². The lowest BCUT2D eigenvalue weighted by molar-refractivity contribution is 0.408. The zero-order valence-corrected chi connectivity index (χ0v) is 15.3. The van der Waals surface area contributed by atoms with E-state index in [0.29, 0.717) is 6.54 Å². The Hall–Kier alpha value is -1.17. The van der Waals surface area contributed by atoms with Crippen LogP contribution in [0.3, 0.4) is 0 Å². The van der Waals surface area contributed by atoms with Crippen LogP contribution in [0.1, 0.15) is 37.2 Å². The number of rotatable bonds is 4. The van der Waals surface area contributed by atoms with Crippen molar-refractivity contribution in [3.05, 3.63) is 17.0 Å². The second kappa shape index (κ2) is 7.90. The summed E-state index contributed by atoms with van der Waals surface area (Å²) in [6.45, 7) is 12.4. The fourth-order valence-corrected chi connectivity index (χ4v) is 3.96. The highest BCUT2D eigenvalue weighted by Crippen LogP contribution is 2.21. The molecule has 0 spiro atoms. The Kier molecular flexibility index (Phi) is 6.17. The van der Waals surface area contributed by atoms with Crippen molar-refractivity contribution in [1.29, 1.82) is 0 Å². The first kappa shape index (κ1) is 17.2. The summed E-state index contributed by atoms with van der Waals surface area (Å²) in [5.41, 5.74) is 3.54. The predicted octanol–water partition coefficient (Wildman–Crippen LogP) is 2.33. The van der Waals surface area contributed by atoms with Crippen LogP contribution >= 0.6 is 11.8 Å². The largest absolute Gasteiger partial charge is 0.357 e. The van der Waals surface area contributed by atoms with Gasteiger partial charge >= 0.3 is 0 Å². The van der Waals surface area contributed by atoms with Crippen LogP contribution in [0.4, 0.5) is 0 Å². The maximum atomic E-state index is 4.88. The van der Waals surface area contributed by atoms with Crippen molar-refractivity contribution in [3.63, 3.8) is 0 Å². The molecule has 1 atom stereocenters. The standard InChI is InChI=1S/C16H29N5S/c1-6-14-11-21(8-9-22-14)16(17-7-2)18-10-15-12(3)19-20(5)13(15)4/h14H,6-11H2,1-5H3,(H,17,18). The van der Waals surface area contributed by atoms with Crippen LogP contribution in [0.2, 0.25) is 0 Å². The molecule has 0 aliphatic carbocycles. The van der Waals surface area contributed by atoms with Crippen molar-refractivity contribution in [2.24, 2.45) is 12.0 Å². The van der Waals surface area contributed by atoms with E-state index in [4.69, 9.17) is 4.99 Å². The van der Waals surface area contributed by atoms with E-state index in [9.17, 15) is 0 Å². The Morgan fingerprint density at radius 1 is 1.41 bits per heavy atom. The fraction of sp³-hybridized carbons (Fsp3) is 0.750. The van der Waals surface area contributed by atoms with Crippen molar-refractivity contribution in [2.75, 3.05) is 25.4 Å². The van der Waals surface area contributed by atoms with E-state index < -0.39 is 0 Å². The molecular formula is C16H29N5S. The summed E-state index contributed by atoms with van der Waals surface area (Å²) in [5, 5.41) is 8.66. The van der Waals surface area contributed by atoms with Crippen LogP contribution in [-0.2, 0) is 13.6 Å². The van der Waals surface area contributed by atoms with Crippen molar-refractivity contribution >= 4 is 17.7 Å². The van der Waals surface area contributed by atoms with E-state index >= 15 is 0 Å². The quantitative estimate of drug-likeness (QED) is 0.682. The van der Waals surface area contributed by atoms with E-state index in [2.05, 4.69) is 54.8 Å². The minimum atomic E-state index is 0.703. The van der Waals surface area contributed by atoms with Gasteiger partial charge in [0.1, 0.15) is 0 Å². The highest BCUT2D eigenvalue weighted by molar-refractivity contribution is 8.00. The number of nitrogens with one attached hydrogen (secondary N) is 1. The average molecular weight is 324 g/mol. The van der Waals surface area contributed by atoms with Gasteiger partial charge in [0.05, 0.1) is 12.2 Å². The van der Waals surface area contributed by atoms with Gasteiger partial charge in [0, 0.05) is 48.9 Å². The van der Waals surface area contributed by atoms with E-state index in [0.717, 1.165) is 36.5 Å². The van der Waals surface area contributed by atoms with Crippen LogP contribution in [-0.4, -0.2) is 51.3 Å². The highest BCUT2D eigenvalue weighted by atomic mass is 32.2. The third-order valence-corrected chi connectivity index (χ3v) is 5.65. The first-order chi connectivity index (χ1) is 10.6. The number of hydrogen-bond donors (Lipinski definition) is 1. The van der Waals surface area contributed by atoms with Crippen LogP contribution < -0.4 is 5.32 Å². The minimum Gasteiger partial charge on any atom is -0.357 e. The molecule has 0 radical (unpaired) electrons. The molecule has 2 heterocycles. The molecule has 1 aliphatic rings. The van der Waals surface area contributed by atoms with Gasteiger partial charge in [-0.3, -0.25) is 4.68 Å². The summed E-state index contributed by atoms with van der Waals surface area (Å²) in [6.07, 6.45) is 1.22. The molecule has 0 amide bonds. The third-order valence-electron chi connectivity index (χ3n) is 4.27. The Labute approximate surface area is 138 Å². The molecule has 0 bridgehead atoms. The normalized spacial score (nSPS) is 19.6. The van der Waals surface area contributed by atoms with Gasteiger partial charge in [0.2, 0.25) is 0 Å². The summed E-state index contributed by atoms with van der Waals surface area (Å²) >= 11 is 2.09. The maximum absolute atomic E-state index is 4.88. The molecule has 22 heavy (non-hydrogen) atoms. The van der Waals surface area contributed by atoms with E-state index in [1.54, 1.807) is 0 Å². The van der Waals surface area contributed by atoms with Crippen molar-refractivity contribution in [1.82, 2.24) is 20.0 Å². The lowest BCUT2D eigenvalue weighted by atomic mass is 10.2. The predicted molar refractivity (Wildman–Crippen MR) is 95.6 cm³/mol. The molecule has 6 heteroatoms. The van der Waals surface area contributed by atoms with Gasteiger partial charge in [-0.25, -0.2) is 4.99 Å². The number of aromatic nitrogens is 2. The molecule has 0 saturated carbocycles. The van der Waals surface area contributed by atoms with E-state index in [1.807, 2.05) is 11.7 Å². The first-order valence-corrected chi connectivity index (χ1v) is 9.25. The summed E-state index contributed by atoms with van der Waals surface area (Å²) in [7, 11) is 1.99. The Balaban J connectivity index is 2.12. The number of thioether (sulfide) groups is 1. The number of aryl methyl sites for hydroxylation is 2. The minimum absolute atomic E-state index is 0.703. The molecule has 1 aromatic rings. The van der Waals surface area contributed by atoms with Gasteiger partial charge in [0.15, 0.2) is 5.96 Å². The second-order valence-corrected chi connectivity index (χ2v) is 7.20. The smallest absolute Gasteiger partial charge is 0.194 e. The molecule has 1 saturated heterocycles. The van der Waals surface area contributed by atoms with Crippen molar-refractivity contribution in [3.8, 4) is 0 Å². The number of aliphatic imine (C=N–C) groups is 1. The molecule has 1 aromatic heterocycles. The molecule has 5 nitrogen and oxygen atoms in total. The first-order valence-electron chi connectivity index (χ1n) is 8.20. The van der Waals surface area contributed by atoms with E-state index in [-0.39, 0.29) is 0 Å². The van der Waals surface area contributed by atoms with Crippen molar-refractivity contribution < 1.29 is 0 Å². The summed E-state index contributed by atoms with van der Waals surface area (Å²) < 4.78 is 1.94. The molecule has 1 unspecified atom stereocenters. The van der Waals surface area contributed by atoms with Crippen LogP contribution in [0.25, 0.3) is 0 Å². The molecule has 1 N–H and O–H groups in total. The highest BCUT2D eigenvalue weighted by Gasteiger charge is 2.21. The van der Waals surface area contributed by atoms with Gasteiger partial charge < -0.3 is 10.2 Å². The monoisotopic (exact) mass is 323 g/mol. The maximum Gasteiger partial charge on any atom is 0.194 e. The van der Waals surface area contributed by atoms with Crippen molar-refractivity contribution in [2.45, 2.75) is 45.9 Å². The van der Waals surface area contributed by atoms with Crippen LogP contribution in [0.5, 0.6) is 0 Å². The summed E-state index contributed by atoms with van der Waals surface area (Å²) in [5.74, 6) is 2.23. The molecule has 1 aliphatic heterocycles. The van der Waals surface area contributed by atoms with Gasteiger partial charge in [-0.1, -0.05) is 6.92 Å². The fourth-order valence-electron chi connectivity index (χ4n) is 2.78. The third kappa shape index (κ3) is 3.97. The average Bonchev–Trinajstić information content (AvgIpc) is 2.77. The number of nitrogens with zero attached hydrogens (tertiary/aromatic N) is 4. The van der Waals surface area contributed by atoms with Gasteiger partial charge in [-0.15, -0.1) is 0 Å². The summed E-state index contributed by atoms with van der Waals surface area (Å²) in [4.78, 5) is 7.29. The molecule has 2 rings (SSSR count). The summed E-state index contributed by atoms with van der Waals surface area (Å²) in [6, 6.07) is 0. The lowest BCUT2D eigenvalue weighted by Crippen LogP contribution is -2.48. The van der Waals surface area contributed by atoms with E-state index in [1.165, 1.54) is 23.4 Å². The zero-order chi connectivity index (χ0) is 16.1. The molecule has 0 aromatic carbocycles. The Morgan fingerprint density at radius 3 is 2.77 bits per heavy atom. The molecule has 1 fully saturated rings. The Bertz CT molecular complexity index is 523. The van der Waals surface area contributed by atoms with Gasteiger partial charge in [-0.05, 0) is 27.2 Å². The van der Waals surface area contributed by atoms with Gasteiger partial charge in [0.25, 0.3) is 0 Å². The number of guanidine groups is 1. The molecular weight excluding hydrogens is 294 g/mol. The van der Waals surface area contributed by atoms with Crippen LogP contribution in [0.15, 0.2) is 4.99 Å². The Morgan fingerprint density at radius 2 is 2.18 bits per heavy atom. The second-order valence-electron chi connectivity index (χ2n) is 5.79. The number of hydrogen-bond acceptors (Lipinski definition) is 3. The lowest BCUT2D eigenvalue weighted by Gasteiger charge is -2.34. The zero-order valence-electron chi connectivity index (χ0n) is 14.5.